The van der Waals surface area contributed by atoms with E-state index in [1.807, 2.05) is 18.2 Å². The third kappa shape index (κ3) is 2.86. The molecule has 1 aromatic rings. The molecule has 2 rings (SSSR count). The van der Waals surface area contributed by atoms with Gasteiger partial charge in [-0.15, -0.1) is 0 Å². The van der Waals surface area contributed by atoms with Gasteiger partial charge in [0, 0.05) is 20.2 Å². The van der Waals surface area contributed by atoms with E-state index in [9.17, 15) is 0 Å². The van der Waals surface area contributed by atoms with Gasteiger partial charge >= 0.3 is 0 Å². The second-order valence-corrected chi connectivity index (χ2v) is 4.62. The summed E-state index contributed by atoms with van der Waals surface area (Å²) in [6.45, 7) is 2.91. The van der Waals surface area contributed by atoms with Crippen molar-refractivity contribution in [3.63, 3.8) is 0 Å². The Balaban J connectivity index is 2.03. The average molecular weight is 241 g/mol. The highest BCUT2D eigenvalue weighted by atomic mass is 35.5. The minimum Gasteiger partial charge on any atom is -0.384 e. The van der Waals surface area contributed by atoms with Crippen LogP contribution < -0.4 is 4.90 Å². The second kappa shape index (κ2) is 5.51. The molecule has 3 nitrogen and oxygen atoms in total. The number of aromatic nitrogens is 1. The van der Waals surface area contributed by atoms with Gasteiger partial charge in [-0.25, -0.2) is 4.98 Å². The lowest BCUT2D eigenvalue weighted by Crippen LogP contribution is -2.37. The highest BCUT2D eigenvalue weighted by molar-refractivity contribution is 6.29. The smallest absolute Gasteiger partial charge is 0.131 e. The summed E-state index contributed by atoms with van der Waals surface area (Å²) in [7, 11) is 1.76. The van der Waals surface area contributed by atoms with Gasteiger partial charge in [-0.3, -0.25) is 0 Å². The number of hydrogen-bond donors (Lipinski definition) is 0. The monoisotopic (exact) mass is 240 g/mol. The summed E-state index contributed by atoms with van der Waals surface area (Å²) < 4.78 is 5.22. The molecule has 0 bridgehead atoms. The SMILES string of the molecule is COCC1CCCN(c2cccc(Cl)n2)C1. The van der Waals surface area contributed by atoms with Gasteiger partial charge in [-0.2, -0.15) is 0 Å². The highest BCUT2D eigenvalue weighted by Crippen LogP contribution is 2.22. The minimum atomic E-state index is 0.561. The predicted octanol–water partition coefficient (Wildman–Crippen LogP) is 2.60. The van der Waals surface area contributed by atoms with E-state index >= 15 is 0 Å². The summed E-state index contributed by atoms with van der Waals surface area (Å²) in [5.41, 5.74) is 0. The number of hydrogen-bond acceptors (Lipinski definition) is 3. The molecule has 1 saturated heterocycles. The maximum Gasteiger partial charge on any atom is 0.131 e. The van der Waals surface area contributed by atoms with Crippen molar-refractivity contribution in [3.05, 3.63) is 23.4 Å². The predicted molar refractivity (Wildman–Crippen MR) is 66.1 cm³/mol. The summed E-state index contributed by atoms with van der Waals surface area (Å²) in [4.78, 5) is 6.63. The van der Waals surface area contributed by atoms with Crippen molar-refractivity contribution >= 4 is 17.4 Å². The fourth-order valence-corrected chi connectivity index (χ4v) is 2.38. The minimum absolute atomic E-state index is 0.561. The van der Waals surface area contributed by atoms with Gasteiger partial charge in [0.05, 0.1) is 6.61 Å². The Bertz CT molecular complexity index is 344. The summed E-state index contributed by atoms with van der Waals surface area (Å²) in [5, 5.41) is 0.561. The Hall–Kier alpha value is -0.800. The number of pyridine rings is 1. The summed E-state index contributed by atoms with van der Waals surface area (Å²) in [6.07, 6.45) is 2.44. The third-order valence-electron chi connectivity index (χ3n) is 2.95. The Kier molecular flexibility index (Phi) is 4.02. The summed E-state index contributed by atoms with van der Waals surface area (Å²) in [5.74, 6) is 1.59. The normalized spacial score (nSPS) is 21.1. The van der Waals surface area contributed by atoms with Crippen molar-refractivity contribution in [1.82, 2.24) is 4.98 Å². The third-order valence-corrected chi connectivity index (χ3v) is 3.16. The molecule has 1 aliphatic heterocycles. The van der Waals surface area contributed by atoms with Crippen LogP contribution in [-0.4, -0.2) is 31.8 Å². The van der Waals surface area contributed by atoms with Crippen LogP contribution in [0, 0.1) is 5.92 Å². The zero-order valence-electron chi connectivity index (χ0n) is 9.53. The zero-order valence-corrected chi connectivity index (χ0v) is 10.3. The first-order chi connectivity index (χ1) is 7.79. The van der Waals surface area contributed by atoms with Gasteiger partial charge < -0.3 is 9.64 Å². The Labute approximate surface area is 101 Å². The van der Waals surface area contributed by atoms with Crippen molar-refractivity contribution in [1.29, 1.82) is 0 Å². The topological polar surface area (TPSA) is 25.4 Å². The van der Waals surface area contributed by atoms with Crippen LogP contribution in [0.25, 0.3) is 0 Å². The molecule has 0 aromatic carbocycles. The van der Waals surface area contributed by atoms with Crippen molar-refractivity contribution in [2.45, 2.75) is 12.8 Å². The number of nitrogens with zero attached hydrogens (tertiary/aromatic N) is 2. The second-order valence-electron chi connectivity index (χ2n) is 4.23. The first-order valence-electron chi connectivity index (χ1n) is 5.66. The molecule has 0 radical (unpaired) electrons. The maximum atomic E-state index is 5.90. The first kappa shape index (κ1) is 11.7. The van der Waals surface area contributed by atoms with E-state index < -0.39 is 0 Å². The summed E-state index contributed by atoms with van der Waals surface area (Å²) >= 11 is 5.90. The lowest BCUT2D eigenvalue weighted by molar-refractivity contribution is 0.143. The average Bonchev–Trinajstić information content (AvgIpc) is 2.30. The van der Waals surface area contributed by atoms with Gasteiger partial charge in [0.1, 0.15) is 11.0 Å². The molecule has 1 fully saturated rings. The van der Waals surface area contributed by atoms with Crippen LogP contribution in [0.15, 0.2) is 18.2 Å². The van der Waals surface area contributed by atoms with E-state index in [-0.39, 0.29) is 0 Å². The fourth-order valence-electron chi connectivity index (χ4n) is 2.22. The number of anilines is 1. The fraction of sp³-hybridized carbons (Fsp3) is 0.583. The molecule has 0 amide bonds. The van der Waals surface area contributed by atoms with Crippen LogP contribution in [-0.2, 0) is 4.74 Å². The Morgan fingerprint density at radius 3 is 3.19 bits per heavy atom. The molecule has 0 saturated carbocycles. The molecule has 0 N–H and O–H groups in total. The number of rotatable bonds is 3. The largest absolute Gasteiger partial charge is 0.384 e. The lowest BCUT2D eigenvalue weighted by Gasteiger charge is -2.33. The number of halogens is 1. The summed E-state index contributed by atoms with van der Waals surface area (Å²) in [6, 6.07) is 5.77. The van der Waals surface area contributed by atoms with Gasteiger partial charge in [-0.1, -0.05) is 17.7 Å². The van der Waals surface area contributed by atoms with Crippen molar-refractivity contribution in [2.24, 2.45) is 5.92 Å². The molecular formula is C12H17ClN2O. The van der Waals surface area contributed by atoms with E-state index in [0.717, 1.165) is 25.5 Å². The molecule has 0 aliphatic carbocycles. The Morgan fingerprint density at radius 2 is 2.44 bits per heavy atom. The van der Waals surface area contributed by atoms with Crippen LogP contribution in [0.2, 0.25) is 5.15 Å². The van der Waals surface area contributed by atoms with E-state index in [4.69, 9.17) is 16.3 Å². The van der Waals surface area contributed by atoms with Gasteiger partial charge in [0.15, 0.2) is 0 Å². The number of piperidine rings is 1. The molecule has 1 aromatic heterocycles. The highest BCUT2D eigenvalue weighted by Gasteiger charge is 2.20. The zero-order chi connectivity index (χ0) is 11.4. The van der Waals surface area contributed by atoms with Crippen LogP contribution in [0.4, 0.5) is 5.82 Å². The maximum absolute atomic E-state index is 5.90. The molecule has 1 atom stereocenters. The lowest BCUT2D eigenvalue weighted by atomic mass is 9.99. The van der Waals surface area contributed by atoms with Crippen molar-refractivity contribution < 1.29 is 4.74 Å². The molecule has 1 unspecified atom stereocenters. The number of methoxy groups -OCH3 is 1. The quantitative estimate of drug-likeness (QED) is 0.760. The van der Waals surface area contributed by atoms with Crippen LogP contribution in [0.3, 0.4) is 0 Å². The van der Waals surface area contributed by atoms with E-state index in [0.29, 0.717) is 11.1 Å². The van der Waals surface area contributed by atoms with Crippen LogP contribution in [0.1, 0.15) is 12.8 Å². The van der Waals surface area contributed by atoms with Crippen LogP contribution >= 0.6 is 11.6 Å². The molecular weight excluding hydrogens is 224 g/mol. The molecule has 16 heavy (non-hydrogen) atoms. The van der Waals surface area contributed by atoms with E-state index in [2.05, 4.69) is 9.88 Å². The molecule has 4 heteroatoms. The molecule has 1 aliphatic rings. The molecule has 0 spiro atoms. The van der Waals surface area contributed by atoms with Crippen LogP contribution in [0.5, 0.6) is 0 Å². The first-order valence-corrected chi connectivity index (χ1v) is 6.04. The van der Waals surface area contributed by atoms with Gasteiger partial charge in [0.2, 0.25) is 0 Å². The van der Waals surface area contributed by atoms with Gasteiger partial charge in [0.25, 0.3) is 0 Å². The van der Waals surface area contributed by atoms with E-state index in [1.165, 1.54) is 12.8 Å². The Morgan fingerprint density at radius 1 is 1.56 bits per heavy atom. The molecule has 88 valence electrons. The van der Waals surface area contributed by atoms with Gasteiger partial charge in [-0.05, 0) is 30.9 Å². The van der Waals surface area contributed by atoms with Crippen molar-refractivity contribution in [2.75, 3.05) is 31.7 Å². The molecule has 2 heterocycles. The van der Waals surface area contributed by atoms with Crippen molar-refractivity contribution in [3.8, 4) is 0 Å². The number of ether oxygens (including phenoxy) is 1. The van der Waals surface area contributed by atoms with E-state index in [1.54, 1.807) is 7.11 Å². The standard InChI is InChI=1S/C12H17ClN2O/c1-16-9-10-4-3-7-15(8-10)12-6-2-5-11(13)14-12/h2,5-6,10H,3-4,7-9H2,1H3.